The number of rotatable bonds is 5. The van der Waals surface area contributed by atoms with Gasteiger partial charge in [0, 0.05) is 11.9 Å². The van der Waals surface area contributed by atoms with Crippen molar-refractivity contribution >= 4 is 23.2 Å². The average Bonchev–Trinajstić information content (AvgIpc) is 2.64. The number of carbonyl (C=O) groups excluding carboxylic acids is 1. The maximum atomic E-state index is 11.9. The molecule has 0 bridgehead atoms. The highest BCUT2D eigenvalue weighted by atomic mass is 32.1. The lowest BCUT2D eigenvalue weighted by atomic mass is 10.1. The number of nitrogens with zero attached hydrogens (tertiary/aromatic N) is 1. The zero-order valence-electron chi connectivity index (χ0n) is 10.3. The summed E-state index contributed by atoms with van der Waals surface area (Å²) in [5, 5.41) is 10.9. The van der Waals surface area contributed by atoms with Gasteiger partial charge in [-0.15, -0.1) is 11.3 Å². The van der Waals surface area contributed by atoms with Gasteiger partial charge in [-0.3, -0.25) is 9.59 Å². The normalized spacial score (nSPS) is 12.2. The molecule has 1 atom stereocenters. The molecule has 1 aromatic rings. The second kappa shape index (κ2) is 5.82. The zero-order valence-corrected chi connectivity index (χ0v) is 11.1. The molecule has 1 rings (SSSR count). The first-order valence-corrected chi connectivity index (χ1v) is 6.36. The maximum absolute atomic E-state index is 11.9. The molecule has 0 saturated carbocycles. The van der Waals surface area contributed by atoms with Gasteiger partial charge in [-0.1, -0.05) is 6.92 Å². The van der Waals surface area contributed by atoms with Gasteiger partial charge in [-0.2, -0.15) is 0 Å². The molecule has 1 N–H and O–H groups in total. The highest BCUT2D eigenvalue weighted by Crippen LogP contribution is 2.18. The predicted octanol–water partition coefficient (Wildman–Crippen LogP) is 2.13. The molecule has 5 heteroatoms. The Labute approximate surface area is 105 Å². The van der Waals surface area contributed by atoms with Crippen LogP contribution in [-0.2, 0) is 16.1 Å². The average molecular weight is 255 g/mol. The first-order valence-electron chi connectivity index (χ1n) is 5.48. The van der Waals surface area contributed by atoms with Crippen LogP contribution in [0, 0.1) is 12.8 Å². The lowest BCUT2D eigenvalue weighted by Crippen LogP contribution is -2.36. The van der Waals surface area contributed by atoms with E-state index in [1.54, 1.807) is 25.3 Å². The SMILES string of the molecule is CCC(C(=O)O)C(=O)N(C)Cc1sccc1C. The number of thiophene rings is 1. The summed E-state index contributed by atoms with van der Waals surface area (Å²) in [4.78, 5) is 25.4. The van der Waals surface area contributed by atoms with E-state index in [-0.39, 0.29) is 5.91 Å². The van der Waals surface area contributed by atoms with Gasteiger partial charge >= 0.3 is 5.97 Å². The van der Waals surface area contributed by atoms with Crippen molar-refractivity contribution < 1.29 is 14.7 Å². The van der Waals surface area contributed by atoms with Crippen molar-refractivity contribution in [3.63, 3.8) is 0 Å². The van der Waals surface area contributed by atoms with Gasteiger partial charge in [0.25, 0.3) is 0 Å². The number of carbonyl (C=O) groups is 2. The number of carboxylic acid groups (broad SMARTS) is 1. The van der Waals surface area contributed by atoms with Crippen molar-refractivity contribution in [1.82, 2.24) is 4.90 Å². The highest BCUT2D eigenvalue weighted by molar-refractivity contribution is 7.10. The van der Waals surface area contributed by atoms with E-state index in [1.807, 2.05) is 18.4 Å². The van der Waals surface area contributed by atoms with Crippen molar-refractivity contribution in [1.29, 1.82) is 0 Å². The van der Waals surface area contributed by atoms with E-state index < -0.39 is 11.9 Å². The van der Waals surface area contributed by atoms with Crippen LogP contribution in [0.3, 0.4) is 0 Å². The molecule has 1 amide bonds. The van der Waals surface area contributed by atoms with E-state index in [4.69, 9.17) is 5.11 Å². The Morgan fingerprint density at radius 1 is 1.53 bits per heavy atom. The van der Waals surface area contributed by atoms with Crippen LogP contribution in [0.5, 0.6) is 0 Å². The molecule has 0 radical (unpaired) electrons. The number of amides is 1. The summed E-state index contributed by atoms with van der Waals surface area (Å²) >= 11 is 1.58. The minimum atomic E-state index is -1.05. The first-order chi connectivity index (χ1) is 7.97. The smallest absolute Gasteiger partial charge is 0.316 e. The van der Waals surface area contributed by atoms with Gasteiger partial charge in [0.15, 0.2) is 0 Å². The summed E-state index contributed by atoms with van der Waals surface area (Å²) in [7, 11) is 1.65. The Morgan fingerprint density at radius 3 is 2.59 bits per heavy atom. The van der Waals surface area contributed by atoms with E-state index in [2.05, 4.69) is 0 Å². The fraction of sp³-hybridized carbons (Fsp3) is 0.500. The second-order valence-corrected chi connectivity index (χ2v) is 5.02. The third-order valence-electron chi connectivity index (χ3n) is 2.73. The molecule has 0 fully saturated rings. The Morgan fingerprint density at radius 2 is 2.18 bits per heavy atom. The number of aliphatic carboxylic acids is 1. The van der Waals surface area contributed by atoms with E-state index in [0.717, 1.165) is 10.4 Å². The van der Waals surface area contributed by atoms with Gasteiger partial charge < -0.3 is 10.0 Å². The van der Waals surface area contributed by atoms with Crippen LogP contribution in [-0.4, -0.2) is 28.9 Å². The van der Waals surface area contributed by atoms with Gasteiger partial charge in [0.05, 0.1) is 6.54 Å². The summed E-state index contributed by atoms with van der Waals surface area (Å²) in [5.41, 5.74) is 1.14. The molecule has 0 aromatic carbocycles. The monoisotopic (exact) mass is 255 g/mol. The molecule has 0 aliphatic heterocycles. The third kappa shape index (κ3) is 3.30. The molecular formula is C12H17NO3S. The highest BCUT2D eigenvalue weighted by Gasteiger charge is 2.27. The third-order valence-corrected chi connectivity index (χ3v) is 3.74. The fourth-order valence-corrected chi connectivity index (χ4v) is 2.54. The number of aryl methyl sites for hydroxylation is 1. The molecule has 0 spiro atoms. The topological polar surface area (TPSA) is 57.6 Å². The van der Waals surface area contributed by atoms with Gasteiger partial charge in [-0.25, -0.2) is 0 Å². The van der Waals surface area contributed by atoms with Crippen LogP contribution in [0.4, 0.5) is 0 Å². The molecule has 17 heavy (non-hydrogen) atoms. The standard InChI is InChI=1S/C12H17NO3S/c1-4-9(12(15)16)11(14)13(3)7-10-8(2)5-6-17-10/h5-6,9H,4,7H2,1-3H3,(H,15,16). The van der Waals surface area contributed by atoms with Crippen molar-refractivity contribution in [2.45, 2.75) is 26.8 Å². The summed E-state index contributed by atoms with van der Waals surface area (Å²) in [6.45, 7) is 4.17. The molecule has 0 saturated heterocycles. The van der Waals surface area contributed by atoms with Gasteiger partial charge in [0.1, 0.15) is 5.92 Å². The Balaban J connectivity index is 2.70. The van der Waals surface area contributed by atoms with E-state index in [9.17, 15) is 9.59 Å². The van der Waals surface area contributed by atoms with Gasteiger partial charge in [-0.05, 0) is 30.4 Å². The Bertz CT molecular complexity index is 414. The minimum absolute atomic E-state index is 0.321. The largest absolute Gasteiger partial charge is 0.481 e. The van der Waals surface area contributed by atoms with Crippen molar-refractivity contribution in [3.05, 3.63) is 21.9 Å². The molecule has 94 valence electrons. The molecular weight excluding hydrogens is 238 g/mol. The van der Waals surface area contributed by atoms with E-state index in [1.165, 1.54) is 4.90 Å². The lowest BCUT2D eigenvalue weighted by molar-refractivity contribution is -0.150. The number of carboxylic acids is 1. The minimum Gasteiger partial charge on any atom is -0.481 e. The van der Waals surface area contributed by atoms with Crippen molar-refractivity contribution in [2.24, 2.45) is 5.92 Å². The fourth-order valence-electron chi connectivity index (χ4n) is 1.58. The molecule has 4 nitrogen and oxygen atoms in total. The first kappa shape index (κ1) is 13.7. The number of hydrogen-bond donors (Lipinski definition) is 1. The maximum Gasteiger partial charge on any atom is 0.316 e. The quantitative estimate of drug-likeness (QED) is 0.820. The lowest BCUT2D eigenvalue weighted by Gasteiger charge is -2.20. The molecule has 0 aliphatic rings. The summed E-state index contributed by atoms with van der Waals surface area (Å²) < 4.78 is 0. The van der Waals surface area contributed by atoms with Crippen LogP contribution in [0.25, 0.3) is 0 Å². The Kier molecular flexibility index (Phi) is 4.69. The van der Waals surface area contributed by atoms with Crippen LogP contribution < -0.4 is 0 Å². The van der Waals surface area contributed by atoms with E-state index >= 15 is 0 Å². The van der Waals surface area contributed by atoms with Crippen LogP contribution in [0.2, 0.25) is 0 Å². The van der Waals surface area contributed by atoms with E-state index in [0.29, 0.717) is 13.0 Å². The number of hydrogen-bond acceptors (Lipinski definition) is 3. The molecule has 1 unspecified atom stereocenters. The molecule has 1 aromatic heterocycles. The van der Waals surface area contributed by atoms with Crippen LogP contribution >= 0.6 is 11.3 Å². The second-order valence-electron chi connectivity index (χ2n) is 4.02. The molecule has 0 aliphatic carbocycles. The zero-order chi connectivity index (χ0) is 13.0. The van der Waals surface area contributed by atoms with Crippen molar-refractivity contribution in [3.8, 4) is 0 Å². The summed E-state index contributed by atoms with van der Waals surface area (Å²) in [6.07, 6.45) is 0.321. The van der Waals surface area contributed by atoms with Crippen LogP contribution in [0.15, 0.2) is 11.4 Å². The Hall–Kier alpha value is -1.36. The van der Waals surface area contributed by atoms with Crippen LogP contribution in [0.1, 0.15) is 23.8 Å². The molecule has 1 heterocycles. The predicted molar refractivity (Wildman–Crippen MR) is 66.9 cm³/mol. The van der Waals surface area contributed by atoms with Gasteiger partial charge in [0.2, 0.25) is 5.91 Å². The van der Waals surface area contributed by atoms with Crippen molar-refractivity contribution in [2.75, 3.05) is 7.05 Å². The summed E-state index contributed by atoms with van der Waals surface area (Å²) in [5.74, 6) is -2.31. The summed E-state index contributed by atoms with van der Waals surface area (Å²) in [6, 6.07) is 1.99.